The minimum absolute atomic E-state index is 0.100. The van der Waals surface area contributed by atoms with Crippen molar-refractivity contribution in [3.63, 3.8) is 0 Å². The molecule has 3 atom stereocenters. The second-order valence-corrected chi connectivity index (χ2v) is 8.31. The summed E-state index contributed by atoms with van der Waals surface area (Å²) in [5, 5.41) is 11.5. The van der Waals surface area contributed by atoms with Gasteiger partial charge in [0, 0.05) is 5.41 Å². The van der Waals surface area contributed by atoms with Gasteiger partial charge in [0.05, 0.1) is 5.60 Å². The molecular weight excluding hydrogens is 292 g/mol. The van der Waals surface area contributed by atoms with Crippen LogP contribution >= 0.6 is 0 Å². The molecule has 1 aliphatic carbocycles. The summed E-state index contributed by atoms with van der Waals surface area (Å²) >= 11 is 0. The van der Waals surface area contributed by atoms with Crippen molar-refractivity contribution < 1.29 is 5.11 Å². The predicted octanol–water partition coefficient (Wildman–Crippen LogP) is 5.59. The third-order valence-corrected chi connectivity index (χ3v) is 6.69. The molecule has 128 valence electrons. The summed E-state index contributed by atoms with van der Waals surface area (Å²) in [5.74, 6) is 0.392. The van der Waals surface area contributed by atoms with Crippen molar-refractivity contribution >= 4 is 0 Å². The number of rotatable bonds is 5. The number of benzene rings is 2. The monoisotopic (exact) mass is 322 g/mol. The Morgan fingerprint density at radius 3 is 2.04 bits per heavy atom. The van der Waals surface area contributed by atoms with E-state index in [0.717, 1.165) is 19.3 Å². The first-order valence-electron chi connectivity index (χ1n) is 9.15. The molecule has 1 fully saturated rings. The van der Waals surface area contributed by atoms with Crippen LogP contribution in [0.3, 0.4) is 0 Å². The molecule has 1 aliphatic rings. The van der Waals surface area contributed by atoms with Crippen LogP contribution in [0.2, 0.25) is 0 Å². The summed E-state index contributed by atoms with van der Waals surface area (Å²) in [6.07, 6.45) is 2.81. The summed E-state index contributed by atoms with van der Waals surface area (Å²) in [6.45, 7) is 8.83. The fraction of sp³-hybridized carbons (Fsp3) is 0.478. The van der Waals surface area contributed by atoms with Crippen LogP contribution in [0.5, 0.6) is 0 Å². The lowest BCUT2D eigenvalue weighted by Gasteiger charge is -2.68. The second kappa shape index (κ2) is 6.04. The van der Waals surface area contributed by atoms with E-state index >= 15 is 0 Å². The molecule has 2 aromatic rings. The molecule has 0 heterocycles. The highest BCUT2D eigenvalue weighted by Crippen LogP contribution is 2.71. The largest absolute Gasteiger partial charge is 0.390 e. The average molecular weight is 322 g/mol. The summed E-state index contributed by atoms with van der Waals surface area (Å²) in [5.41, 5.74) is 1.92. The van der Waals surface area contributed by atoms with Crippen LogP contribution in [-0.4, -0.2) is 10.7 Å². The maximum Gasteiger partial charge on any atom is 0.0687 e. The van der Waals surface area contributed by atoms with Gasteiger partial charge in [-0.15, -0.1) is 0 Å². The van der Waals surface area contributed by atoms with Crippen LogP contribution in [0, 0.1) is 10.8 Å². The maximum atomic E-state index is 11.5. The van der Waals surface area contributed by atoms with E-state index in [1.54, 1.807) is 0 Å². The van der Waals surface area contributed by atoms with E-state index in [1.807, 2.05) is 6.92 Å². The Balaban J connectivity index is 2.11. The van der Waals surface area contributed by atoms with Crippen molar-refractivity contribution in [2.45, 2.75) is 58.5 Å². The first kappa shape index (κ1) is 17.2. The third kappa shape index (κ3) is 2.50. The Labute approximate surface area is 146 Å². The molecule has 3 rings (SSSR count). The highest BCUT2D eigenvalue weighted by atomic mass is 16.3. The summed E-state index contributed by atoms with van der Waals surface area (Å²) in [4.78, 5) is 0. The molecule has 24 heavy (non-hydrogen) atoms. The second-order valence-electron chi connectivity index (χ2n) is 8.31. The lowest BCUT2D eigenvalue weighted by molar-refractivity contribution is -0.215. The van der Waals surface area contributed by atoms with E-state index in [4.69, 9.17) is 0 Å². The van der Waals surface area contributed by atoms with Gasteiger partial charge < -0.3 is 5.11 Å². The summed E-state index contributed by atoms with van der Waals surface area (Å²) in [6, 6.07) is 21.4. The fourth-order valence-corrected chi connectivity index (χ4v) is 5.19. The Morgan fingerprint density at radius 1 is 1.00 bits per heavy atom. The molecule has 1 saturated carbocycles. The van der Waals surface area contributed by atoms with Gasteiger partial charge in [-0.3, -0.25) is 0 Å². The molecule has 1 nitrogen and oxygen atoms in total. The molecule has 3 unspecified atom stereocenters. The van der Waals surface area contributed by atoms with Crippen LogP contribution in [0.4, 0.5) is 0 Å². The molecular formula is C23H30O. The Kier molecular flexibility index (Phi) is 4.34. The van der Waals surface area contributed by atoms with Gasteiger partial charge in [-0.05, 0) is 48.6 Å². The Morgan fingerprint density at radius 2 is 1.54 bits per heavy atom. The Bertz CT molecular complexity index is 672. The molecule has 0 radical (unpaired) electrons. The zero-order valence-corrected chi connectivity index (χ0v) is 15.4. The summed E-state index contributed by atoms with van der Waals surface area (Å²) in [7, 11) is 0. The highest BCUT2D eigenvalue weighted by molar-refractivity contribution is 5.34. The summed E-state index contributed by atoms with van der Waals surface area (Å²) < 4.78 is 0. The van der Waals surface area contributed by atoms with Crippen molar-refractivity contribution in [3.05, 3.63) is 71.8 Å². The van der Waals surface area contributed by atoms with Crippen molar-refractivity contribution in [1.82, 2.24) is 0 Å². The zero-order chi connectivity index (χ0) is 17.4. The van der Waals surface area contributed by atoms with E-state index < -0.39 is 5.60 Å². The van der Waals surface area contributed by atoms with Gasteiger partial charge in [-0.2, -0.15) is 0 Å². The lowest BCUT2D eigenvalue weighted by atomic mass is 9.37. The number of hydrogen-bond acceptors (Lipinski definition) is 1. The van der Waals surface area contributed by atoms with E-state index in [9.17, 15) is 5.11 Å². The van der Waals surface area contributed by atoms with E-state index in [1.165, 1.54) is 11.1 Å². The molecule has 0 saturated heterocycles. The predicted molar refractivity (Wildman–Crippen MR) is 101 cm³/mol. The topological polar surface area (TPSA) is 20.2 Å². The van der Waals surface area contributed by atoms with Gasteiger partial charge in [0.25, 0.3) is 0 Å². The van der Waals surface area contributed by atoms with Crippen molar-refractivity contribution in [1.29, 1.82) is 0 Å². The van der Waals surface area contributed by atoms with Crippen LogP contribution < -0.4 is 0 Å². The van der Waals surface area contributed by atoms with Gasteiger partial charge in [0.1, 0.15) is 0 Å². The molecule has 0 aliphatic heterocycles. The maximum absolute atomic E-state index is 11.5. The molecule has 0 spiro atoms. The number of hydrogen-bond donors (Lipinski definition) is 1. The SMILES string of the molecule is CCC(C)(O)C1(Cc2ccccc2)C(c2ccccc2)CC1(C)C. The first-order valence-corrected chi connectivity index (χ1v) is 9.15. The van der Waals surface area contributed by atoms with Gasteiger partial charge in [-0.1, -0.05) is 81.4 Å². The first-order chi connectivity index (χ1) is 11.3. The zero-order valence-electron chi connectivity index (χ0n) is 15.4. The van der Waals surface area contributed by atoms with Crippen LogP contribution in [-0.2, 0) is 6.42 Å². The van der Waals surface area contributed by atoms with E-state index in [0.29, 0.717) is 5.92 Å². The van der Waals surface area contributed by atoms with Gasteiger partial charge in [0.2, 0.25) is 0 Å². The molecule has 0 amide bonds. The van der Waals surface area contributed by atoms with Gasteiger partial charge >= 0.3 is 0 Å². The van der Waals surface area contributed by atoms with Crippen molar-refractivity contribution in [3.8, 4) is 0 Å². The molecule has 2 aromatic carbocycles. The Hall–Kier alpha value is -1.60. The fourth-order valence-electron chi connectivity index (χ4n) is 5.19. The molecule has 1 heteroatoms. The van der Waals surface area contributed by atoms with Gasteiger partial charge in [-0.25, -0.2) is 0 Å². The number of aliphatic hydroxyl groups is 1. The minimum Gasteiger partial charge on any atom is -0.390 e. The van der Waals surface area contributed by atoms with E-state index in [2.05, 4.69) is 81.4 Å². The normalized spacial score (nSPS) is 28.0. The van der Waals surface area contributed by atoms with Crippen LogP contribution in [0.25, 0.3) is 0 Å². The van der Waals surface area contributed by atoms with Crippen LogP contribution in [0.15, 0.2) is 60.7 Å². The van der Waals surface area contributed by atoms with Crippen LogP contribution in [0.1, 0.15) is 57.6 Å². The molecule has 0 bridgehead atoms. The van der Waals surface area contributed by atoms with Crippen molar-refractivity contribution in [2.24, 2.45) is 10.8 Å². The molecule has 1 N–H and O–H groups in total. The third-order valence-electron chi connectivity index (χ3n) is 6.69. The van der Waals surface area contributed by atoms with Crippen molar-refractivity contribution in [2.75, 3.05) is 0 Å². The minimum atomic E-state index is -0.703. The standard InChI is InChI=1S/C23H30O/c1-5-22(4,24)23(16-18-12-8-6-9-13-18)20(17-21(23,2)3)19-14-10-7-11-15-19/h6-15,20,24H,5,16-17H2,1-4H3. The smallest absolute Gasteiger partial charge is 0.0687 e. The lowest BCUT2D eigenvalue weighted by Crippen LogP contribution is -2.66. The van der Waals surface area contributed by atoms with E-state index in [-0.39, 0.29) is 10.8 Å². The van der Waals surface area contributed by atoms with Gasteiger partial charge in [0.15, 0.2) is 0 Å². The molecule has 0 aromatic heterocycles. The average Bonchev–Trinajstić information content (AvgIpc) is 2.59. The quantitative estimate of drug-likeness (QED) is 0.760. The highest BCUT2D eigenvalue weighted by Gasteiger charge is 2.67.